The number of piperazine rings is 1. The first-order valence-electron chi connectivity index (χ1n) is 11.2. The maximum atomic E-state index is 13.2. The first kappa shape index (κ1) is 21.2. The van der Waals surface area contributed by atoms with Crippen LogP contribution in [0.3, 0.4) is 0 Å². The standard InChI is InChI=1S/C26H27N5O2/c1-29(2)18-19-10-11-24(27-17-19)30-12-14-31(15-13-30)26(32)21-7-5-6-20(16-21)25-28-22-8-3-4-9-23(22)33-25/h3-11,16-17H,12-15,18H2,1-2H3. The van der Waals surface area contributed by atoms with E-state index in [0.717, 1.165) is 42.1 Å². The number of fused-ring (bicyclic) bond motifs is 1. The summed E-state index contributed by atoms with van der Waals surface area (Å²) in [7, 11) is 4.10. The monoisotopic (exact) mass is 441 g/mol. The fourth-order valence-corrected chi connectivity index (χ4v) is 4.16. The number of anilines is 1. The molecule has 4 aromatic rings. The second-order valence-corrected chi connectivity index (χ2v) is 8.61. The van der Waals surface area contributed by atoms with Crippen LogP contribution in [0.5, 0.6) is 0 Å². The number of oxazole rings is 1. The van der Waals surface area contributed by atoms with E-state index in [1.165, 1.54) is 5.56 Å². The molecule has 0 N–H and O–H groups in total. The smallest absolute Gasteiger partial charge is 0.253 e. The fraction of sp³-hybridized carbons (Fsp3) is 0.269. The molecular formula is C26H27N5O2. The van der Waals surface area contributed by atoms with Crippen molar-refractivity contribution in [2.75, 3.05) is 45.2 Å². The normalized spacial score (nSPS) is 14.3. The van der Waals surface area contributed by atoms with Crippen molar-refractivity contribution in [3.8, 4) is 11.5 Å². The molecule has 33 heavy (non-hydrogen) atoms. The second kappa shape index (κ2) is 9.03. The van der Waals surface area contributed by atoms with Crippen LogP contribution >= 0.6 is 0 Å². The van der Waals surface area contributed by atoms with Gasteiger partial charge in [-0.2, -0.15) is 0 Å². The van der Waals surface area contributed by atoms with Gasteiger partial charge in [0.25, 0.3) is 5.91 Å². The van der Waals surface area contributed by atoms with Crippen LogP contribution in [0.4, 0.5) is 5.82 Å². The quantitative estimate of drug-likeness (QED) is 0.468. The van der Waals surface area contributed by atoms with Crippen molar-refractivity contribution in [2.24, 2.45) is 0 Å². The van der Waals surface area contributed by atoms with Crippen LogP contribution in [0.15, 0.2) is 71.3 Å². The highest BCUT2D eigenvalue weighted by Crippen LogP contribution is 2.25. The van der Waals surface area contributed by atoms with E-state index >= 15 is 0 Å². The minimum absolute atomic E-state index is 0.0295. The number of carbonyl (C=O) groups excluding carboxylic acids is 1. The molecule has 1 amide bonds. The average molecular weight is 442 g/mol. The van der Waals surface area contributed by atoms with Gasteiger partial charge in [0.15, 0.2) is 5.58 Å². The summed E-state index contributed by atoms with van der Waals surface area (Å²) in [6.07, 6.45) is 1.93. The highest BCUT2D eigenvalue weighted by Gasteiger charge is 2.23. The lowest BCUT2D eigenvalue weighted by atomic mass is 10.1. The van der Waals surface area contributed by atoms with Crippen molar-refractivity contribution >= 4 is 22.8 Å². The van der Waals surface area contributed by atoms with E-state index in [9.17, 15) is 4.79 Å². The average Bonchev–Trinajstić information content (AvgIpc) is 3.28. The van der Waals surface area contributed by atoms with Gasteiger partial charge in [-0.05, 0) is 56.1 Å². The van der Waals surface area contributed by atoms with Gasteiger partial charge in [-0.25, -0.2) is 9.97 Å². The number of hydrogen-bond acceptors (Lipinski definition) is 6. The Morgan fingerprint density at radius 1 is 1.00 bits per heavy atom. The third-order valence-corrected chi connectivity index (χ3v) is 5.85. The third kappa shape index (κ3) is 4.59. The van der Waals surface area contributed by atoms with Crippen LogP contribution in [0.25, 0.3) is 22.6 Å². The van der Waals surface area contributed by atoms with Crippen LogP contribution in [-0.4, -0.2) is 65.9 Å². The van der Waals surface area contributed by atoms with Gasteiger partial charge < -0.3 is 19.1 Å². The largest absolute Gasteiger partial charge is 0.436 e. The molecule has 0 saturated carbocycles. The Kier molecular flexibility index (Phi) is 5.79. The highest BCUT2D eigenvalue weighted by molar-refractivity contribution is 5.95. The van der Waals surface area contributed by atoms with Gasteiger partial charge in [0.1, 0.15) is 11.3 Å². The summed E-state index contributed by atoms with van der Waals surface area (Å²) in [6.45, 7) is 3.71. The maximum Gasteiger partial charge on any atom is 0.253 e. The van der Waals surface area contributed by atoms with Crippen LogP contribution in [0.2, 0.25) is 0 Å². The molecule has 168 valence electrons. The molecule has 0 unspecified atom stereocenters. The molecule has 5 rings (SSSR count). The number of hydrogen-bond donors (Lipinski definition) is 0. The van der Waals surface area contributed by atoms with E-state index in [2.05, 4.69) is 31.9 Å². The van der Waals surface area contributed by atoms with Crippen molar-refractivity contribution in [1.82, 2.24) is 19.8 Å². The number of para-hydroxylation sites is 2. The molecule has 1 saturated heterocycles. The van der Waals surface area contributed by atoms with E-state index in [1.807, 2.05) is 73.7 Å². The zero-order valence-electron chi connectivity index (χ0n) is 18.9. The number of pyridine rings is 1. The molecule has 1 fully saturated rings. The van der Waals surface area contributed by atoms with Crippen molar-refractivity contribution in [2.45, 2.75) is 6.54 Å². The topological polar surface area (TPSA) is 65.7 Å². The van der Waals surface area contributed by atoms with Crippen LogP contribution in [0.1, 0.15) is 15.9 Å². The maximum absolute atomic E-state index is 13.2. The molecule has 2 aromatic carbocycles. The van der Waals surface area contributed by atoms with Crippen molar-refractivity contribution in [3.05, 3.63) is 78.0 Å². The van der Waals surface area contributed by atoms with E-state index in [0.29, 0.717) is 24.5 Å². The molecule has 0 aliphatic carbocycles. The first-order chi connectivity index (χ1) is 16.1. The van der Waals surface area contributed by atoms with Crippen molar-refractivity contribution < 1.29 is 9.21 Å². The highest BCUT2D eigenvalue weighted by atomic mass is 16.3. The zero-order chi connectivity index (χ0) is 22.8. The van der Waals surface area contributed by atoms with Crippen LogP contribution in [0, 0.1) is 0 Å². The Hall–Kier alpha value is -3.71. The van der Waals surface area contributed by atoms with E-state index in [1.54, 1.807) is 0 Å². The van der Waals surface area contributed by atoms with Gasteiger partial charge in [-0.1, -0.05) is 24.3 Å². The van der Waals surface area contributed by atoms with Gasteiger partial charge in [0, 0.05) is 50.0 Å². The number of aromatic nitrogens is 2. The van der Waals surface area contributed by atoms with Crippen LogP contribution in [-0.2, 0) is 6.54 Å². The lowest BCUT2D eigenvalue weighted by Crippen LogP contribution is -2.49. The van der Waals surface area contributed by atoms with Gasteiger partial charge in [-0.15, -0.1) is 0 Å². The summed E-state index contributed by atoms with van der Waals surface area (Å²) in [6, 6.07) is 19.4. The molecule has 7 nitrogen and oxygen atoms in total. The van der Waals surface area contributed by atoms with Crippen molar-refractivity contribution in [3.63, 3.8) is 0 Å². The number of amides is 1. The second-order valence-electron chi connectivity index (χ2n) is 8.61. The Morgan fingerprint density at radius 2 is 1.82 bits per heavy atom. The predicted molar refractivity (Wildman–Crippen MR) is 129 cm³/mol. The summed E-state index contributed by atoms with van der Waals surface area (Å²) >= 11 is 0. The molecule has 0 atom stereocenters. The van der Waals surface area contributed by atoms with Gasteiger partial charge in [0.2, 0.25) is 5.89 Å². The lowest BCUT2D eigenvalue weighted by Gasteiger charge is -2.35. The molecule has 0 spiro atoms. The Labute approximate surface area is 193 Å². The number of rotatable bonds is 5. The van der Waals surface area contributed by atoms with Crippen LogP contribution < -0.4 is 4.90 Å². The van der Waals surface area contributed by atoms with E-state index in [-0.39, 0.29) is 5.91 Å². The summed E-state index contributed by atoms with van der Waals surface area (Å²) in [4.78, 5) is 28.6. The Balaban J connectivity index is 1.25. The molecule has 3 heterocycles. The Bertz CT molecular complexity index is 1220. The molecule has 1 aliphatic heterocycles. The molecule has 0 bridgehead atoms. The molecule has 1 aliphatic rings. The molecule has 7 heteroatoms. The summed E-state index contributed by atoms with van der Waals surface area (Å²) in [5.74, 6) is 1.52. The van der Waals surface area contributed by atoms with Gasteiger partial charge >= 0.3 is 0 Å². The third-order valence-electron chi connectivity index (χ3n) is 5.85. The summed E-state index contributed by atoms with van der Waals surface area (Å²) < 4.78 is 5.87. The molecular weight excluding hydrogens is 414 g/mol. The molecule has 0 radical (unpaired) electrons. The number of benzene rings is 2. The minimum Gasteiger partial charge on any atom is -0.436 e. The Morgan fingerprint density at radius 3 is 2.55 bits per heavy atom. The minimum atomic E-state index is 0.0295. The van der Waals surface area contributed by atoms with Gasteiger partial charge in [-0.3, -0.25) is 4.79 Å². The first-order valence-corrected chi connectivity index (χ1v) is 11.2. The molecule has 2 aromatic heterocycles. The lowest BCUT2D eigenvalue weighted by molar-refractivity contribution is 0.0746. The number of nitrogens with zero attached hydrogens (tertiary/aromatic N) is 5. The number of carbonyl (C=O) groups is 1. The summed E-state index contributed by atoms with van der Waals surface area (Å²) in [5.41, 5.74) is 4.19. The zero-order valence-corrected chi connectivity index (χ0v) is 18.9. The van der Waals surface area contributed by atoms with Crippen molar-refractivity contribution in [1.29, 1.82) is 0 Å². The summed E-state index contributed by atoms with van der Waals surface area (Å²) in [5, 5.41) is 0. The SMILES string of the molecule is CN(C)Cc1ccc(N2CCN(C(=O)c3cccc(-c4nc5ccccc5o4)c3)CC2)nc1. The van der Waals surface area contributed by atoms with Gasteiger partial charge in [0.05, 0.1) is 0 Å². The predicted octanol–water partition coefficient (Wildman–Crippen LogP) is 3.91. The van der Waals surface area contributed by atoms with E-state index in [4.69, 9.17) is 4.42 Å². The van der Waals surface area contributed by atoms with E-state index < -0.39 is 0 Å². The fourth-order valence-electron chi connectivity index (χ4n) is 4.16.